The van der Waals surface area contributed by atoms with Gasteiger partial charge in [0.1, 0.15) is 11.5 Å². The zero-order chi connectivity index (χ0) is 26.8. The normalized spacial score (nSPS) is 11.9. The van der Waals surface area contributed by atoms with Crippen molar-refractivity contribution >= 4 is 28.7 Å². The van der Waals surface area contributed by atoms with Crippen LogP contribution in [-0.4, -0.2) is 22.3 Å². The number of carbonyl (C=O) groups is 1. The van der Waals surface area contributed by atoms with E-state index in [4.69, 9.17) is 0 Å². The number of amides is 1. The van der Waals surface area contributed by atoms with E-state index in [9.17, 15) is 4.79 Å². The quantitative estimate of drug-likeness (QED) is 0.223. The second kappa shape index (κ2) is 13.1. The number of pyridine rings is 1. The summed E-state index contributed by atoms with van der Waals surface area (Å²) in [7, 11) is 1.84. The number of imidazole rings is 1. The van der Waals surface area contributed by atoms with E-state index in [2.05, 4.69) is 59.0 Å². The molecule has 0 spiro atoms. The first-order chi connectivity index (χ1) is 18.1. The molecule has 0 radical (unpaired) electrons. The van der Waals surface area contributed by atoms with E-state index in [0.29, 0.717) is 11.5 Å². The molecule has 0 bridgehead atoms. The third kappa shape index (κ3) is 7.34. The molecule has 3 N–H and O–H groups in total. The molecule has 37 heavy (non-hydrogen) atoms. The lowest BCUT2D eigenvalue weighted by Crippen LogP contribution is -2.12. The van der Waals surface area contributed by atoms with E-state index < -0.39 is 0 Å². The van der Waals surface area contributed by atoms with Crippen molar-refractivity contribution in [3.05, 3.63) is 115 Å². The lowest BCUT2D eigenvalue weighted by Gasteiger charge is -2.09. The topological polar surface area (TPSA) is 70.5 Å². The van der Waals surface area contributed by atoms with Crippen LogP contribution in [0.15, 0.2) is 98.5 Å². The maximum Gasteiger partial charge on any atom is 0.255 e. The third-order valence-electron chi connectivity index (χ3n) is 5.88. The van der Waals surface area contributed by atoms with E-state index in [1.807, 2.05) is 80.0 Å². The fourth-order valence-electron chi connectivity index (χ4n) is 3.91. The van der Waals surface area contributed by atoms with Crippen LogP contribution in [0.2, 0.25) is 0 Å². The Balaban J connectivity index is 0.000000907. The van der Waals surface area contributed by atoms with Crippen molar-refractivity contribution in [1.82, 2.24) is 9.38 Å². The molecule has 6 nitrogen and oxygen atoms in total. The zero-order valence-electron chi connectivity index (χ0n) is 22.1. The van der Waals surface area contributed by atoms with Crippen molar-refractivity contribution in [2.45, 2.75) is 33.1 Å². The van der Waals surface area contributed by atoms with Crippen LogP contribution in [0.3, 0.4) is 0 Å². The van der Waals surface area contributed by atoms with Crippen LogP contribution in [0.1, 0.15) is 48.2 Å². The van der Waals surface area contributed by atoms with Crippen LogP contribution in [-0.2, 0) is 6.42 Å². The van der Waals surface area contributed by atoms with Crippen molar-refractivity contribution in [1.29, 1.82) is 0 Å². The zero-order valence-corrected chi connectivity index (χ0v) is 22.1. The van der Waals surface area contributed by atoms with E-state index in [0.717, 1.165) is 46.1 Å². The molecule has 0 atom stereocenters. The molecular formula is C31H37N5O. The monoisotopic (exact) mass is 495 g/mol. The van der Waals surface area contributed by atoms with Gasteiger partial charge >= 0.3 is 0 Å². The number of anilines is 3. The van der Waals surface area contributed by atoms with Gasteiger partial charge in [-0.25, -0.2) is 4.98 Å². The Bertz CT molecular complexity index is 1350. The Morgan fingerprint density at radius 1 is 0.946 bits per heavy atom. The Kier molecular flexibility index (Phi) is 9.67. The standard InChI is InChI=1S/C27H27N5O.C2H6.C2H4/c1-18(21-10-11-21)29-25-17-32-16-20(9-12-26(32)31-25)13-19-5-3-8-24(14-19)30-27(33)22-6-4-7-23(15-22)28-2;2*1-2/h3-9,12,14-17,21,28-29H,1,10-11,13H2,2H3,(H,30,33);1-2H3;1-2H2. The average Bonchev–Trinajstić information content (AvgIpc) is 3.72. The van der Waals surface area contributed by atoms with Gasteiger partial charge in [-0.1, -0.05) is 44.7 Å². The minimum atomic E-state index is -0.128. The highest BCUT2D eigenvalue weighted by Gasteiger charge is 2.25. The van der Waals surface area contributed by atoms with Crippen molar-refractivity contribution in [3.8, 4) is 0 Å². The summed E-state index contributed by atoms with van der Waals surface area (Å²) in [5.41, 5.74) is 6.54. The summed E-state index contributed by atoms with van der Waals surface area (Å²) in [6.45, 7) is 14.1. The summed E-state index contributed by atoms with van der Waals surface area (Å²) < 4.78 is 2.04. The van der Waals surface area contributed by atoms with Crippen molar-refractivity contribution in [3.63, 3.8) is 0 Å². The van der Waals surface area contributed by atoms with Gasteiger partial charge in [0.25, 0.3) is 5.91 Å². The Hall–Kier alpha value is -4.32. The number of nitrogens with zero attached hydrogens (tertiary/aromatic N) is 2. The van der Waals surface area contributed by atoms with Gasteiger partial charge in [0.05, 0.1) is 6.20 Å². The minimum Gasteiger partial charge on any atom is -0.388 e. The molecule has 2 heterocycles. The van der Waals surface area contributed by atoms with Crippen LogP contribution in [0.5, 0.6) is 0 Å². The molecule has 0 saturated heterocycles. The average molecular weight is 496 g/mol. The van der Waals surface area contributed by atoms with Crippen LogP contribution in [0, 0.1) is 5.92 Å². The van der Waals surface area contributed by atoms with E-state index >= 15 is 0 Å². The van der Waals surface area contributed by atoms with Crippen LogP contribution in [0.4, 0.5) is 17.2 Å². The fourth-order valence-corrected chi connectivity index (χ4v) is 3.91. The number of hydrogen-bond acceptors (Lipinski definition) is 4. The highest BCUT2D eigenvalue weighted by atomic mass is 16.1. The molecule has 1 fully saturated rings. The first-order valence-corrected chi connectivity index (χ1v) is 12.7. The molecular weight excluding hydrogens is 458 g/mol. The lowest BCUT2D eigenvalue weighted by atomic mass is 10.1. The molecule has 6 heteroatoms. The molecule has 1 amide bonds. The maximum absolute atomic E-state index is 12.7. The second-order valence-electron chi connectivity index (χ2n) is 8.52. The van der Waals surface area contributed by atoms with Crippen LogP contribution >= 0.6 is 0 Å². The molecule has 0 unspecified atom stereocenters. The molecule has 192 valence electrons. The number of fused-ring (bicyclic) bond motifs is 1. The fraction of sp³-hybridized carbons (Fsp3) is 0.226. The van der Waals surface area contributed by atoms with Gasteiger partial charge in [0.2, 0.25) is 0 Å². The summed E-state index contributed by atoms with van der Waals surface area (Å²) in [6.07, 6.45) is 7.28. The Labute approximate surface area is 220 Å². The van der Waals surface area contributed by atoms with E-state index in [-0.39, 0.29) is 5.91 Å². The number of aromatic nitrogens is 2. The van der Waals surface area contributed by atoms with Crippen LogP contribution in [0.25, 0.3) is 5.65 Å². The van der Waals surface area contributed by atoms with E-state index in [1.54, 1.807) is 0 Å². The van der Waals surface area contributed by atoms with Gasteiger partial charge in [0, 0.05) is 35.9 Å². The molecule has 1 aliphatic carbocycles. The highest BCUT2D eigenvalue weighted by molar-refractivity contribution is 6.04. The van der Waals surface area contributed by atoms with Gasteiger partial charge in [0.15, 0.2) is 0 Å². The number of benzene rings is 2. The van der Waals surface area contributed by atoms with Crippen molar-refractivity contribution in [2.75, 3.05) is 23.0 Å². The maximum atomic E-state index is 12.7. The minimum absolute atomic E-state index is 0.128. The molecule has 5 rings (SSSR count). The summed E-state index contributed by atoms with van der Waals surface area (Å²) in [5, 5.41) is 9.40. The molecule has 4 aromatic rings. The van der Waals surface area contributed by atoms with Gasteiger partial charge < -0.3 is 20.4 Å². The number of hydrogen-bond donors (Lipinski definition) is 3. The molecule has 2 aromatic heterocycles. The number of allylic oxidation sites excluding steroid dienone is 1. The number of rotatable bonds is 8. The van der Waals surface area contributed by atoms with Gasteiger partial charge in [-0.2, -0.15) is 0 Å². The summed E-state index contributed by atoms with van der Waals surface area (Å²) >= 11 is 0. The van der Waals surface area contributed by atoms with Crippen molar-refractivity contribution < 1.29 is 4.79 Å². The van der Waals surface area contributed by atoms with E-state index in [1.165, 1.54) is 12.8 Å². The number of nitrogens with one attached hydrogen (secondary N) is 3. The smallest absolute Gasteiger partial charge is 0.255 e. The molecule has 0 aliphatic heterocycles. The molecule has 2 aromatic carbocycles. The predicted molar refractivity (Wildman–Crippen MR) is 156 cm³/mol. The molecule has 1 aliphatic rings. The van der Waals surface area contributed by atoms with Gasteiger partial charge in [-0.15, -0.1) is 13.2 Å². The van der Waals surface area contributed by atoms with Crippen molar-refractivity contribution in [2.24, 2.45) is 5.92 Å². The van der Waals surface area contributed by atoms with Crippen LogP contribution < -0.4 is 16.0 Å². The number of carbonyl (C=O) groups excluding carboxylic acids is 1. The third-order valence-corrected chi connectivity index (χ3v) is 5.88. The largest absolute Gasteiger partial charge is 0.388 e. The SMILES string of the molecule is C=C.C=C(Nc1cn2cc(Cc3cccc(NC(=O)c4cccc(NC)c4)c3)ccc2n1)C1CC1.CC. The first kappa shape index (κ1) is 27.3. The summed E-state index contributed by atoms with van der Waals surface area (Å²) in [5.74, 6) is 1.29. The first-order valence-electron chi connectivity index (χ1n) is 12.7. The highest BCUT2D eigenvalue weighted by Crippen LogP contribution is 2.35. The summed E-state index contributed by atoms with van der Waals surface area (Å²) in [4.78, 5) is 17.3. The Morgan fingerprint density at radius 3 is 2.41 bits per heavy atom. The van der Waals surface area contributed by atoms with Gasteiger partial charge in [-0.3, -0.25) is 4.79 Å². The molecule has 1 saturated carbocycles. The lowest BCUT2D eigenvalue weighted by molar-refractivity contribution is 0.102. The summed E-state index contributed by atoms with van der Waals surface area (Å²) in [6, 6.07) is 19.5. The Morgan fingerprint density at radius 2 is 1.68 bits per heavy atom. The predicted octanol–water partition coefficient (Wildman–Crippen LogP) is 7.38. The van der Waals surface area contributed by atoms with Gasteiger partial charge in [-0.05, 0) is 72.7 Å². The second-order valence-corrected chi connectivity index (χ2v) is 8.52.